The van der Waals surface area contributed by atoms with E-state index < -0.39 is 0 Å². The van der Waals surface area contributed by atoms with E-state index in [9.17, 15) is 0 Å². The van der Waals surface area contributed by atoms with Crippen molar-refractivity contribution in [2.75, 3.05) is 26.7 Å². The van der Waals surface area contributed by atoms with Gasteiger partial charge in [-0.3, -0.25) is 0 Å². The van der Waals surface area contributed by atoms with Gasteiger partial charge in [-0.2, -0.15) is 0 Å². The summed E-state index contributed by atoms with van der Waals surface area (Å²) in [5.74, 6) is 0. The van der Waals surface area contributed by atoms with Gasteiger partial charge in [-0.25, -0.2) is 0 Å². The van der Waals surface area contributed by atoms with Gasteiger partial charge in [-0.05, 0) is 58.2 Å². The molecule has 1 spiro atoms. The van der Waals surface area contributed by atoms with Crippen LogP contribution in [-0.4, -0.2) is 37.6 Å². The number of nitrogens with zero attached hydrogens (tertiary/aromatic N) is 1. The molecule has 0 aromatic rings. The molecule has 2 heterocycles. The summed E-state index contributed by atoms with van der Waals surface area (Å²) in [5.41, 5.74) is 0.657. The van der Waals surface area contributed by atoms with Gasteiger partial charge in [0.25, 0.3) is 0 Å². The van der Waals surface area contributed by atoms with Gasteiger partial charge in [-0.1, -0.05) is 0 Å². The van der Waals surface area contributed by atoms with Crippen LogP contribution in [0.3, 0.4) is 0 Å². The second-order valence-corrected chi connectivity index (χ2v) is 5.06. The summed E-state index contributed by atoms with van der Waals surface area (Å²) in [6, 6.07) is 0.786. The fraction of sp³-hybridized carbons (Fsp3) is 1.00. The lowest BCUT2D eigenvalue weighted by molar-refractivity contribution is 0.0550. The molecule has 2 heteroatoms. The molecule has 0 aromatic carbocycles. The van der Waals surface area contributed by atoms with Gasteiger partial charge < -0.3 is 10.2 Å². The van der Waals surface area contributed by atoms with Crippen LogP contribution in [0.1, 0.15) is 32.6 Å². The van der Waals surface area contributed by atoms with Crippen LogP contribution >= 0.6 is 0 Å². The second kappa shape index (κ2) is 3.58. The lowest BCUT2D eigenvalue weighted by Crippen LogP contribution is -2.50. The molecule has 2 aliphatic heterocycles. The number of hydrogen-bond donors (Lipinski definition) is 1. The lowest BCUT2D eigenvalue weighted by atomic mass is 9.71. The summed E-state index contributed by atoms with van der Waals surface area (Å²) in [6.45, 7) is 6.18. The van der Waals surface area contributed by atoms with Gasteiger partial charge in [0.05, 0.1) is 0 Å². The molecule has 2 aliphatic rings. The number of likely N-dealkylation sites (tertiary alicyclic amines) is 1. The third-order valence-electron chi connectivity index (χ3n) is 4.04. The number of nitrogens with one attached hydrogen (secondary N) is 1. The van der Waals surface area contributed by atoms with Crippen molar-refractivity contribution in [2.45, 2.75) is 38.6 Å². The van der Waals surface area contributed by atoms with Crippen LogP contribution in [-0.2, 0) is 0 Å². The summed E-state index contributed by atoms with van der Waals surface area (Å²) in [7, 11) is 2.26. The lowest BCUT2D eigenvalue weighted by Gasteiger charge is -2.46. The van der Waals surface area contributed by atoms with E-state index in [1.54, 1.807) is 0 Å². The third-order valence-corrected chi connectivity index (χ3v) is 4.04. The zero-order valence-electron chi connectivity index (χ0n) is 8.97. The van der Waals surface area contributed by atoms with Crippen LogP contribution < -0.4 is 5.32 Å². The summed E-state index contributed by atoms with van der Waals surface area (Å²) < 4.78 is 0. The van der Waals surface area contributed by atoms with Gasteiger partial charge >= 0.3 is 0 Å². The van der Waals surface area contributed by atoms with E-state index in [1.165, 1.54) is 45.3 Å². The minimum atomic E-state index is 0.657. The Morgan fingerprint density at radius 3 is 2.85 bits per heavy atom. The van der Waals surface area contributed by atoms with E-state index in [1.807, 2.05) is 0 Å². The Balaban J connectivity index is 1.99. The molecule has 13 heavy (non-hydrogen) atoms. The molecule has 2 saturated heterocycles. The first kappa shape index (κ1) is 9.47. The van der Waals surface area contributed by atoms with Crippen molar-refractivity contribution in [3.63, 3.8) is 0 Å². The van der Waals surface area contributed by atoms with E-state index in [4.69, 9.17) is 0 Å². The molecule has 0 bridgehead atoms. The summed E-state index contributed by atoms with van der Waals surface area (Å²) in [5, 5.41) is 3.56. The van der Waals surface area contributed by atoms with E-state index in [2.05, 4.69) is 24.2 Å². The average molecular weight is 182 g/mol. The Bertz CT molecular complexity index is 173. The maximum absolute atomic E-state index is 3.56. The van der Waals surface area contributed by atoms with E-state index in [-0.39, 0.29) is 0 Å². The summed E-state index contributed by atoms with van der Waals surface area (Å²) in [6.07, 6.45) is 5.64. The second-order valence-electron chi connectivity index (χ2n) is 5.06. The van der Waals surface area contributed by atoms with E-state index >= 15 is 0 Å². The maximum atomic E-state index is 3.56. The summed E-state index contributed by atoms with van der Waals surface area (Å²) >= 11 is 0. The van der Waals surface area contributed by atoms with Crippen LogP contribution in [0, 0.1) is 5.41 Å². The van der Waals surface area contributed by atoms with Crippen molar-refractivity contribution in [3.05, 3.63) is 0 Å². The third kappa shape index (κ3) is 1.89. The average Bonchev–Trinajstić information content (AvgIpc) is 2.14. The smallest absolute Gasteiger partial charge is 0.00696 e. The van der Waals surface area contributed by atoms with Crippen LogP contribution in [0.15, 0.2) is 0 Å². The van der Waals surface area contributed by atoms with E-state index in [0.717, 1.165) is 6.04 Å². The topological polar surface area (TPSA) is 15.3 Å². The largest absolute Gasteiger partial charge is 0.316 e. The Kier molecular flexibility index (Phi) is 2.61. The number of hydrogen-bond acceptors (Lipinski definition) is 2. The highest BCUT2D eigenvalue weighted by Gasteiger charge is 2.37. The molecule has 0 aromatic heterocycles. The molecule has 0 amide bonds. The van der Waals surface area contributed by atoms with Gasteiger partial charge in [0.15, 0.2) is 0 Å². The molecule has 0 radical (unpaired) electrons. The van der Waals surface area contributed by atoms with Crippen LogP contribution in [0.4, 0.5) is 0 Å². The van der Waals surface area contributed by atoms with Crippen molar-refractivity contribution in [2.24, 2.45) is 5.41 Å². The fourth-order valence-corrected chi connectivity index (χ4v) is 2.94. The Morgan fingerprint density at radius 1 is 1.38 bits per heavy atom. The highest BCUT2D eigenvalue weighted by molar-refractivity contribution is 4.92. The van der Waals surface area contributed by atoms with Crippen molar-refractivity contribution < 1.29 is 0 Å². The quantitative estimate of drug-likeness (QED) is 0.610. The van der Waals surface area contributed by atoms with Gasteiger partial charge in [0.1, 0.15) is 0 Å². The molecule has 76 valence electrons. The molecule has 2 atom stereocenters. The maximum Gasteiger partial charge on any atom is 0.00696 e. The molecule has 1 N–H and O–H groups in total. The predicted octanol–water partition coefficient (Wildman–Crippen LogP) is 1.47. The van der Waals surface area contributed by atoms with Crippen molar-refractivity contribution in [1.29, 1.82) is 0 Å². The summed E-state index contributed by atoms with van der Waals surface area (Å²) in [4.78, 5) is 2.50. The van der Waals surface area contributed by atoms with Crippen LogP contribution in [0.5, 0.6) is 0 Å². The molecule has 2 fully saturated rings. The predicted molar refractivity (Wildman–Crippen MR) is 55.9 cm³/mol. The highest BCUT2D eigenvalue weighted by atomic mass is 15.1. The van der Waals surface area contributed by atoms with Crippen molar-refractivity contribution in [1.82, 2.24) is 10.2 Å². The Labute approximate surface area is 81.7 Å². The van der Waals surface area contributed by atoms with Gasteiger partial charge in [0.2, 0.25) is 0 Å². The van der Waals surface area contributed by atoms with E-state index in [0.29, 0.717) is 5.41 Å². The SMILES string of the molecule is CC1CC2(CCCNC2)CCN1C. The zero-order chi connectivity index (χ0) is 9.31. The zero-order valence-corrected chi connectivity index (χ0v) is 8.97. The monoisotopic (exact) mass is 182 g/mol. The number of rotatable bonds is 0. The van der Waals surface area contributed by atoms with Gasteiger partial charge in [0, 0.05) is 12.6 Å². The van der Waals surface area contributed by atoms with Crippen molar-refractivity contribution >= 4 is 0 Å². The molecule has 0 saturated carbocycles. The molecular formula is C11H22N2. The molecule has 2 unspecified atom stereocenters. The minimum Gasteiger partial charge on any atom is -0.316 e. The van der Waals surface area contributed by atoms with Crippen LogP contribution in [0.25, 0.3) is 0 Å². The first-order chi connectivity index (χ1) is 6.22. The fourth-order valence-electron chi connectivity index (χ4n) is 2.94. The minimum absolute atomic E-state index is 0.657. The standard InChI is InChI=1S/C11H22N2/c1-10-8-11(5-7-13(10)2)4-3-6-12-9-11/h10,12H,3-9H2,1-2H3. The molecule has 0 aliphatic carbocycles. The van der Waals surface area contributed by atoms with Crippen LogP contribution in [0.2, 0.25) is 0 Å². The first-order valence-corrected chi connectivity index (χ1v) is 5.63. The van der Waals surface area contributed by atoms with Crippen molar-refractivity contribution in [3.8, 4) is 0 Å². The Morgan fingerprint density at radius 2 is 2.23 bits per heavy atom. The normalized spacial score (nSPS) is 42.5. The number of piperidine rings is 2. The molecule has 2 rings (SSSR count). The first-order valence-electron chi connectivity index (χ1n) is 5.63. The van der Waals surface area contributed by atoms with Gasteiger partial charge in [-0.15, -0.1) is 0 Å². The molecule has 2 nitrogen and oxygen atoms in total. The Hall–Kier alpha value is -0.0800. The molecular weight excluding hydrogens is 160 g/mol. The highest BCUT2D eigenvalue weighted by Crippen LogP contribution is 2.39.